The van der Waals surface area contributed by atoms with Crippen molar-refractivity contribution in [2.24, 2.45) is 35.5 Å². The Morgan fingerprint density at radius 2 is 1.08 bits per heavy atom. The lowest BCUT2D eigenvalue weighted by Crippen LogP contribution is -2.59. The Hall–Kier alpha value is 0.300. The number of rotatable bonds is 0. The molecule has 0 N–H and O–H groups in total. The van der Waals surface area contributed by atoms with Crippen LogP contribution >= 0.6 is 69.6 Å². The number of fused-ring (bicyclic) bond motifs is 2. The lowest BCUT2D eigenvalue weighted by atomic mass is 9.48. The highest BCUT2D eigenvalue weighted by Crippen LogP contribution is 2.81. The van der Waals surface area contributed by atoms with Gasteiger partial charge in [-0.15, -0.1) is 23.2 Å². The number of ketones is 2. The predicted octanol–water partition coefficient (Wildman–Crippen LogP) is 4.82. The van der Waals surface area contributed by atoms with E-state index in [2.05, 4.69) is 0 Å². The first-order valence-electron chi connectivity index (χ1n) is 7.86. The molecule has 0 aliphatic heterocycles. The van der Waals surface area contributed by atoms with Crippen molar-refractivity contribution in [3.63, 3.8) is 0 Å². The maximum absolute atomic E-state index is 12.6. The molecule has 8 heteroatoms. The van der Waals surface area contributed by atoms with E-state index in [0.29, 0.717) is 0 Å². The van der Waals surface area contributed by atoms with Gasteiger partial charge in [-0.05, 0) is 35.8 Å². The average molecular weight is 459 g/mol. The molecule has 8 unspecified atom stereocenters. The standard InChI is InChI=1S/C17H10Cl6O2/c18-13-14(19)16(21)12-6-2-1-5(11(12)15(13,20)17(16,22)23)9-7(24)3-4-8(25)10(6)9/h1-6,9-12H. The van der Waals surface area contributed by atoms with Crippen LogP contribution in [0.1, 0.15) is 0 Å². The van der Waals surface area contributed by atoms with E-state index in [1.54, 1.807) is 0 Å². The largest absolute Gasteiger partial charge is 0.294 e. The minimum absolute atomic E-state index is 0.0880. The van der Waals surface area contributed by atoms with Crippen LogP contribution in [0.25, 0.3) is 0 Å². The summed E-state index contributed by atoms with van der Waals surface area (Å²) in [4.78, 5) is 22.3. The number of carbonyl (C=O) groups excluding carboxylic acids is 2. The maximum atomic E-state index is 12.6. The first-order valence-corrected chi connectivity index (χ1v) is 10.1. The number of allylic oxidation sites excluding steroid dienone is 6. The van der Waals surface area contributed by atoms with Crippen LogP contribution in [0.3, 0.4) is 0 Å². The molecule has 8 atom stereocenters. The zero-order valence-corrected chi connectivity index (χ0v) is 16.9. The quantitative estimate of drug-likeness (QED) is 0.385. The molecule has 25 heavy (non-hydrogen) atoms. The van der Waals surface area contributed by atoms with Crippen molar-refractivity contribution in [2.75, 3.05) is 0 Å². The van der Waals surface area contributed by atoms with Crippen LogP contribution in [-0.4, -0.2) is 25.6 Å². The van der Waals surface area contributed by atoms with Crippen LogP contribution in [-0.2, 0) is 9.59 Å². The van der Waals surface area contributed by atoms with Crippen molar-refractivity contribution >= 4 is 81.2 Å². The Bertz CT molecular complexity index is 780. The number of halogens is 6. The summed E-state index contributed by atoms with van der Waals surface area (Å²) in [6.07, 6.45) is 6.56. The third-order valence-corrected chi connectivity index (χ3v) is 11.0. The molecule has 0 aromatic rings. The summed E-state index contributed by atoms with van der Waals surface area (Å²) in [5, 5.41) is 0.277. The summed E-state index contributed by atoms with van der Waals surface area (Å²) in [6.45, 7) is 0. The van der Waals surface area contributed by atoms with Crippen LogP contribution in [0.4, 0.5) is 0 Å². The predicted molar refractivity (Wildman–Crippen MR) is 99.6 cm³/mol. The number of carbonyl (C=O) groups is 2. The highest BCUT2D eigenvalue weighted by Gasteiger charge is 2.86. The Labute approximate surface area is 174 Å². The fourth-order valence-corrected chi connectivity index (χ4v) is 8.96. The van der Waals surface area contributed by atoms with Crippen molar-refractivity contribution in [1.82, 2.24) is 0 Å². The summed E-state index contributed by atoms with van der Waals surface area (Å²) >= 11 is 40.1. The van der Waals surface area contributed by atoms with E-state index < -0.39 is 25.9 Å². The van der Waals surface area contributed by atoms with Crippen molar-refractivity contribution in [3.8, 4) is 0 Å². The highest BCUT2D eigenvalue weighted by molar-refractivity contribution is 6.65. The Kier molecular flexibility index (Phi) is 3.36. The molecule has 0 saturated heterocycles. The topological polar surface area (TPSA) is 34.1 Å². The summed E-state index contributed by atoms with van der Waals surface area (Å²) < 4.78 is -1.65. The minimum atomic E-state index is -1.65. The van der Waals surface area contributed by atoms with Gasteiger partial charge in [0.15, 0.2) is 15.9 Å². The molecule has 0 spiro atoms. The second-order valence-electron chi connectivity index (χ2n) is 7.41. The second-order valence-corrected chi connectivity index (χ2v) is 10.7. The number of hydrogen-bond acceptors (Lipinski definition) is 2. The zero-order chi connectivity index (χ0) is 18.1. The molecule has 2 fully saturated rings. The highest BCUT2D eigenvalue weighted by atomic mass is 35.5. The van der Waals surface area contributed by atoms with Crippen LogP contribution in [0.2, 0.25) is 0 Å². The van der Waals surface area contributed by atoms with Gasteiger partial charge < -0.3 is 0 Å². The average Bonchev–Trinajstić information content (AvgIpc) is 2.80. The number of hydrogen-bond donors (Lipinski definition) is 0. The Morgan fingerprint density at radius 3 is 1.44 bits per heavy atom. The molecular formula is C17H10Cl6O2. The normalized spacial score (nSPS) is 54.3. The van der Waals surface area contributed by atoms with Crippen LogP contribution in [0.5, 0.6) is 0 Å². The molecule has 6 rings (SSSR count). The molecule has 0 aromatic carbocycles. The van der Waals surface area contributed by atoms with E-state index in [0.717, 1.165) is 0 Å². The third kappa shape index (κ3) is 1.55. The van der Waals surface area contributed by atoms with Gasteiger partial charge in [0, 0.05) is 11.8 Å². The molecule has 2 nitrogen and oxygen atoms in total. The number of alkyl halides is 4. The minimum Gasteiger partial charge on any atom is -0.294 e. The van der Waals surface area contributed by atoms with Gasteiger partial charge in [-0.3, -0.25) is 9.59 Å². The molecule has 132 valence electrons. The lowest BCUT2D eigenvalue weighted by molar-refractivity contribution is -0.139. The van der Waals surface area contributed by atoms with Gasteiger partial charge in [0.05, 0.1) is 10.1 Å². The molecule has 4 bridgehead atoms. The van der Waals surface area contributed by atoms with Crippen LogP contribution in [0.15, 0.2) is 34.4 Å². The fraction of sp³-hybridized carbons (Fsp3) is 0.529. The summed E-state index contributed by atoms with van der Waals surface area (Å²) in [5.74, 6) is -2.56. The first kappa shape index (κ1) is 17.4. The van der Waals surface area contributed by atoms with Gasteiger partial charge in [0.1, 0.15) is 9.75 Å². The van der Waals surface area contributed by atoms with E-state index in [4.69, 9.17) is 69.6 Å². The monoisotopic (exact) mass is 456 g/mol. The third-order valence-electron chi connectivity index (χ3n) is 6.72. The SMILES string of the molecule is O=C1C=CC(=O)C2C3C=CC(C12)C1C3C2(Cl)C(Cl)=C(Cl)C1(Cl)C2(Cl)Cl. The Morgan fingerprint density at radius 1 is 0.720 bits per heavy atom. The molecule has 6 aliphatic carbocycles. The van der Waals surface area contributed by atoms with Gasteiger partial charge in [-0.1, -0.05) is 58.6 Å². The summed E-state index contributed by atoms with van der Waals surface area (Å²) in [7, 11) is 0. The molecule has 0 radical (unpaired) electrons. The van der Waals surface area contributed by atoms with E-state index in [9.17, 15) is 9.59 Å². The molecular weight excluding hydrogens is 449 g/mol. The maximum Gasteiger partial charge on any atom is 0.166 e. The van der Waals surface area contributed by atoms with E-state index in [1.807, 2.05) is 12.2 Å². The molecule has 0 aromatic heterocycles. The van der Waals surface area contributed by atoms with Crippen molar-refractivity contribution in [1.29, 1.82) is 0 Å². The molecule has 2 saturated carbocycles. The molecule has 0 amide bonds. The van der Waals surface area contributed by atoms with Crippen LogP contribution in [0, 0.1) is 35.5 Å². The first-order chi connectivity index (χ1) is 11.6. The van der Waals surface area contributed by atoms with Crippen molar-refractivity contribution in [2.45, 2.75) is 14.1 Å². The van der Waals surface area contributed by atoms with E-state index in [-0.39, 0.29) is 45.3 Å². The van der Waals surface area contributed by atoms with Crippen molar-refractivity contribution < 1.29 is 9.59 Å². The van der Waals surface area contributed by atoms with Gasteiger partial charge in [0.25, 0.3) is 0 Å². The second kappa shape index (κ2) is 4.82. The molecule has 6 aliphatic rings. The van der Waals surface area contributed by atoms with Crippen LogP contribution < -0.4 is 0 Å². The van der Waals surface area contributed by atoms with Gasteiger partial charge in [-0.2, -0.15) is 0 Å². The van der Waals surface area contributed by atoms with Gasteiger partial charge >= 0.3 is 0 Å². The smallest absolute Gasteiger partial charge is 0.166 e. The fourth-order valence-electron chi connectivity index (χ4n) is 5.86. The summed E-state index contributed by atoms with van der Waals surface area (Å²) in [6, 6.07) is 0. The zero-order valence-electron chi connectivity index (χ0n) is 12.4. The van der Waals surface area contributed by atoms with E-state index in [1.165, 1.54) is 12.2 Å². The Balaban J connectivity index is 1.79. The van der Waals surface area contributed by atoms with E-state index >= 15 is 0 Å². The molecule has 0 heterocycles. The summed E-state index contributed by atoms with van der Waals surface area (Å²) in [5.41, 5.74) is 0. The van der Waals surface area contributed by atoms with Crippen molar-refractivity contribution in [3.05, 3.63) is 34.4 Å². The van der Waals surface area contributed by atoms with Gasteiger partial charge in [-0.25, -0.2) is 0 Å². The van der Waals surface area contributed by atoms with Gasteiger partial charge in [0.2, 0.25) is 0 Å². The lowest BCUT2D eigenvalue weighted by Gasteiger charge is -2.56.